The molecule has 1 fully saturated rings. The lowest BCUT2D eigenvalue weighted by Crippen LogP contribution is -2.32. The predicted octanol–water partition coefficient (Wildman–Crippen LogP) is 0.255. The van der Waals surface area contributed by atoms with Gasteiger partial charge in [0, 0.05) is 19.7 Å². The van der Waals surface area contributed by atoms with Crippen molar-refractivity contribution in [2.45, 2.75) is 13.3 Å². The topological polar surface area (TPSA) is 29.5 Å². The van der Waals surface area contributed by atoms with Gasteiger partial charge in [-0.2, -0.15) is 0 Å². The summed E-state index contributed by atoms with van der Waals surface area (Å²) in [4.78, 5) is 12.9. The Kier molecular flexibility index (Phi) is 2.68. The molecule has 1 aliphatic rings. The summed E-state index contributed by atoms with van der Waals surface area (Å²) in [5.41, 5.74) is 0. The fraction of sp³-hybridized carbons (Fsp3) is 0.857. The monoisotopic (exact) mass is 143 g/mol. The molecule has 0 spiro atoms. The van der Waals surface area contributed by atoms with E-state index in [9.17, 15) is 4.79 Å². The van der Waals surface area contributed by atoms with E-state index in [-0.39, 0.29) is 12.5 Å². The Morgan fingerprint density at radius 1 is 1.70 bits per heavy atom. The van der Waals surface area contributed by atoms with E-state index in [2.05, 4.69) is 0 Å². The van der Waals surface area contributed by atoms with Crippen LogP contribution in [-0.2, 0) is 9.53 Å². The normalized spacial score (nSPS) is 20.9. The summed E-state index contributed by atoms with van der Waals surface area (Å²) in [5, 5.41) is 0. The average Bonchev–Trinajstić information content (AvgIpc) is 2.13. The van der Waals surface area contributed by atoms with Crippen molar-refractivity contribution in [1.29, 1.82) is 0 Å². The number of carbonyl (C=O) groups is 1. The lowest BCUT2D eigenvalue weighted by molar-refractivity contribution is -0.133. The van der Waals surface area contributed by atoms with E-state index in [1.165, 1.54) is 0 Å². The standard InChI is InChI=1S/C7H13NO2/c1-2-8-4-3-5-10-6-7(8)9/h2-6H2,1H3. The van der Waals surface area contributed by atoms with Crippen LogP contribution >= 0.6 is 0 Å². The minimum Gasteiger partial charge on any atom is -0.372 e. The van der Waals surface area contributed by atoms with Crippen LogP contribution in [0, 0.1) is 0 Å². The van der Waals surface area contributed by atoms with Gasteiger partial charge in [0.05, 0.1) is 0 Å². The Morgan fingerprint density at radius 3 is 3.20 bits per heavy atom. The molecule has 0 aromatic heterocycles. The third-order valence-electron chi connectivity index (χ3n) is 1.68. The average molecular weight is 143 g/mol. The highest BCUT2D eigenvalue weighted by Crippen LogP contribution is 1.98. The Balaban J connectivity index is 2.43. The summed E-state index contributed by atoms with van der Waals surface area (Å²) >= 11 is 0. The molecule has 0 aliphatic carbocycles. The smallest absolute Gasteiger partial charge is 0.248 e. The molecule has 0 bridgehead atoms. The van der Waals surface area contributed by atoms with Gasteiger partial charge in [-0.1, -0.05) is 0 Å². The molecule has 0 atom stereocenters. The van der Waals surface area contributed by atoms with Crippen LogP contribution in [0.2, 0.25) is 0 Å². The Labute approximate surface area is 61.0 Å². The van der Waals surface area contributed by atoms with Gasteiger partial charge in [-0.25, -0.2) is 0 Å². The first kappa shape index (κ1) is 7.54. The molecular weight excluding hydrogens is 130 g/mol. The van der Waals surface area contributed by atoms with Gasteiger partial charge >= 0.3 is 0 Å². The molecule has 0 aromatic rings. The summed E-state index contributed by atoms with van der Waals surface area (Å²) in [6.45, 7) is 4.65. The third kappa shape index (κ3) is 1.70. The molecule has 3 nitrogen and oxygen atoms in total. The Bertz CT molecular complexity index is 125. The van der Waals surface area contributed by atoms with E-state index in [1.807, 2.05) is 11.8 Å². The zero-order chi connectivity index (χ0) is 7.40. The quantitative estimate of drug-likeness (QED) is 0.526. The first-order valence-electron chi connectivity index (χ1n) is 3.70. The van der Waals surface area contributed by atoms with Crippen LogP contribution in [0.4, 0.5) is 0 Å². The fourth-order valence-corrected chi connectivity index (χ4v) is 1.07. The number of ether oxygens (including phenoxy) is 1. The minimum absolute atomic E-state index is 0.125. The molecule has 0 N–H and O–H groups in total. The SMILES string of the molecule is CCN1CCCOCC1=O. The maximum Gasteiger partial charge on any atom is 0.248 e. The largest absolute Gasteiger partial charge is 0.372 e. The summed E-state index contributed by atoms with van der Waals surface area (Å²) in [5.74, 6) is 0.125. The van der Waals surface area contributed by atoms with Gasteiger partial charge in [0.15, 0.2) is 0 Å². The van der Waals surface area contributed by atoms with E-state index < -0.39 is 0 Å². The van der Waals surface area contributed by atoms with Crippen LogP contribution in [0.25, 0.3) is 0 Å². The second kappa shape index (κ2) is 3.56. The molecule has 1 saturated heterocycles. The van der Waals surface area contributed by atoms with Crippen molar-refractivity contribution >= 4 is 5.91 Å². The summed E-state index contributed by atoms with van der Waals surface area (Å²) < 4.78 is 5.05. The minimum atomic E-state index is 0.125. The van der Waals surface area contributed by atoms with Gasteiger partial charge in [0.2, 0.25) is 5.91 Å². The van der Waals surface area contributed by atoms with Gasteiger partial charge in [-0.05, 0) is 13.3 Å². The van der Waals surface area contributed by atoms with E-state index in [0.717, 1.165) is 26.1 Å². The van der Waals surface area contributed by atoms with Crippen LogP contribution in [-0.4, -0.2) is 37.1 Å². The molecule has 0 aromatic carbocycles. The Morgan fingerprint density at radius 2 is 2.50 bits per heavy atom. The zero-order valence-corrected chi connectivity index (χ0v) is 6.30. The lowest BCUT2D eigenvalue weighted by Gasteiger charge is -2.16. The molecule has 1 aliphatic heterocycles. The zero-order valence-electron chi connectivity index (χ0n) is 6.30. The maximum absolute atomic E-state index is 11.0. The molecule has 0 unspecified atom stereocenters. The first-order valence-corrected chi connectivity index (χ1v) is 3.70. The molecular formula is C7H13NO2. The maximum atomic E-state index is 11.0. The molecule has 10 heavy (non-hydrogen) atoms. The highest BCUT2D eigenvalue weighted by atomic mass is 16.5. The molecule has 1 heterocycles. The van der Waals surface area contributed by atoms with Crippen LogP contribution in [0.1, 0.15) is 13.3 Å². The molecule has 3 heteroatoms. The summed E-state index contributed by atoms with van der Waals surface area (Å²) in [6, 6.07) is 0. The van der Waals surface area contributed by atoms with Crippen LogP contribution < -0.4 is 0 Å². The highest BCUT2D eigenvalue weighted by molar-refractivity contribution is 5.77. The number of likely N-dealkylation sites (N-methyl/N-ethyl adjacent to an activating group) is 1. The number of hydrogen-bond donors (Lipinski definition) is 0. The van der Waals surface area contributed by atoms with Gasteiger partial charge < -0.3 is 9.64 Å². The van der Waals surface area contributed by atoms with E-state index >= 15 is 0 Å². The van der Waals surface area contributed by atoms with E-state index in [1.54, 1.807) is 0 Å². The van der Waals surface area contributed by atoms with Crippen molar-refractivity contribution in [3.63, 3.8) is 0 Å². The van der Waals surface area contributed by atoms with Gasteiger partial charge in [0.1, 0.15) is 6.61 Å². The number of carbonyl (C=O) groups excluding carboxylic acids is 1. The number of hydrogen-bond acceptors (Lipinski definition) is 2. The number of amides is 1. The summed E-state index contributed by atoms with van der Waals surface area (Å²) in [6.07, 6.45) is 0.972. The molecule has 58 valence electrons. The van der Waals surface area contributed by atoms with Crippen molar-refractivity contribution in [1.82, 2.24) is 4.90 Å². The first-order chi connectivity index (χ1) is 4.84. The Hall–Kier alpha value is -0.570. The van der Waals surface area contributed by atoms with Gasteiger partial charge in [0.25, 0.3) is 0 Å². The van der Waals surface area contributed by atoms with Crippen molar-refractivity contribution in [3.8, 4) is 0 Å². The fourth-order valence-electron chi connectivity index (χ4n) is 1.07. The summed E-state index contributed by atoms with van der Waals surface area (Å²) in [7, 11) is 0. The molecule has 0 radical (unpaired) electrons. The lowest BCUT2D eigenvalue weighted by atomic mass is 10.4. The second-order valence-electron chi connectivity index (χ2n) is 2.38. The van der Waals surface area contributed by atoms with E-state index in [0.29, 0.717) is 0 Å². The van der Waals surface area contributed by atoms with Gasteiger partial charge in [-0.3, -0.25) is 4.79 Å². The van der Waals surface area contributed by atoms with Crippen LogP contribution in [0.15, 0.2) is 0 Å². The van der Waals surface area contributed by atoms with Crippen LogP contribution in [0.5, 0.6) is 0 Å². The number of nitrogens with zero attached hydrogens (tertiary/aromatic N) is 1. The van der Waals surface area contributed by atoms with Crippen LogP contribution in [0.3, 0.4) is 0 Å². The van der Waals surface area contributed by atoms with Crippen molar-refractivity contribution in [2.24, 2.45) is 0 Å². The van der Waals surface area contributed by atoms with E-state index in [4.69, 9.17) is 4.74 Å². The predicted molar refractivity (Wildman–Crippen MR) is 37.7 cm³/mol. The van der Waals surface area contributed by atoms with Crippen molar-refractivity contribution in [3.05, 3.63) is 0 Å². The molecule has 1 amide bonds. The second-order valence-corrected chi connectivity index (χ2v) is 2.38. The van der Waals surface area contributed by atoms with Gasteiger partial charge in [-0.15, -0.1) is 0 Å². The third-order valence-corrected chi connectivity index (χ3v) is 1.68. The van der Waals surface area contributed by atoms with Crippen molar-refractivity contribution < 1.29 is 9.53 Å². The molecule has 0 saturated carbocycles. The highest BCUT2D eigenvalue weighted by Gasteiger charge is 2.13. The van der Waals surface area contributed by atoms with Crippen molar-refractivity contribution in [2.75, 3.05) is 26.3 Å². The number of rotatable bonds is 1. The molecule has 1 rings (SSSR count).